The predicted molar refractivity (Wildman–Crippen MR) is 129 cm³/mol. The monoisotopic (exact) mass is 447 g/mol. The molecule has 0 amide bonds. The number of hydrogen-bond donors (Lipinski definition) is 0. The Balaban J connectivity index is 1.80. The van der Waals surface area contributed by atoms with Crippen molar-refractivity contribution in [3.8, 4) is 5.69 Å². The van der Waals surface area contributed by atoms with E-state index in [0.717, 1.165) is 40.3 Å². The predicted octanol–water partition coefficient (Wildman–Crippen LogP) is 7.21. The van der Waals surface area contributed by atoms with E-state index in [1.807, 2.05) is 32.9 Å². The Hall–Kier alpha value is -3.15. The molecule has 5 rings (SSSR count). The third kappa shape index (κ3) is 3.71. The number of fused-ring (bicyclic) bond motifs is 2. The first-order chi connectivity index (χ1) is 15.5. The summed E-state index contributed by atoms with van der Waals surface area (Å²) in [4.78, 5) is 12.8. The molecule has 0 N–H and O–H groups in total. The molecule has 1 fully saturated rings. The smallest absolute Gasteiger partial charge is 0.435 e. The Kier molecular flexibility index (Phi) is 4.89. The zero-order valence-electron chi connectivity index (χ0n) is 20.1. The van der Waals surface area contributed by atoms with Crippen molar-refractivity contribution in [2.24, 2.45) is 0 Å². The van der Waals surface area contributed by atoms with E-state index in [9.17, 15) is 9.18 Å². The number of nitrogens with zero attached hydrogens (tertiary/aromatic N) is 3. The fourth-order valence-electron chi connectivity index (χ4n) is 4.72. The number of aryl methyl sites for hydroxylation is 1. The highest BCUT2D eigenvalue weighted by Gasteiger charge is 2.33. The van der Waals surface area contributed by atoms with E-state index in [1.54, 1.807) is 13.1 Å². The molecule has 172 valence electrons. The number of ether oxygens (including phenoxy) is 1. The highest BCUT2D eigenvalue weighted by Crippen LogP contribution is 2.49. The van der Waals surface area contributed by atoms with Gasteiger partial charge in [0.15, 0.2) is 0 Å². The third-order valence-corrected chi connectivity index (χ3v) is 6.23. The van der Waals surface area contributed by atoms with Gasteiger partial charge in [0.1, 0.15) is 11.4 Å². The van der Waals surface area contributed by atoms with E-state index in [1.165, 1.54) is 22.0 Å². The average molecular weight is 448 g/mol. The summed E-state index contributed by atoms with van der Waals surface area (Å²) in [5.41, 5.74) is 5.35. The Morgan fingerprint density at radius 2 is 1.88 bits per heavy atom. The first-order valence-corrected chi connectivity index (χ1v) is 11.6. The molecule has 1 aliphatic rings. The molecule has 0 aliphatic heterocycles. The highest BCUT2D eigenvalue weighted by atomic mass is 19.1. The molecule has 5 nitrogen and oxygen atoms in total. The molecule has 6 heteroatoms. The maximum atomic E-state index is 14.1. The molecule has 33 heavy (non-hydrogen) atoms. The second-order valence-corrected chi connectivity index (χ2v) is 10.5. The molecule has 0 bridgehead atoms. The molecule has 0 radical (unpaired) electrons. The van der Waals surface area contributed by atoms with E-state index in [2.05, 4.69) is 35.6 Å². The van der Waals surface area contributed by atoms with Gasteiger partial charge in [0, 0.05) is 22.2 Å². The fraction of sp³-hybridized carbons (Fsp3) is 0.407. The quantitative estimate of drug-likeness (QED) is 0.333. The SMILES string of the molecule is Cc1cc(-n2c(C(C)C)c(C3CC3)c3cc4c(cnn4C(=O)OC(C)(C)C)cc32)ccc1F. The first-order valence-electron chi connectivity index (χ1n) is 11.6. The zero-order chi connectivity index (χ0) is 23.7. The topological polar surface area (TPSA) is 49.0 Å². The van der Waals surface area contributed by atoms with Crippen LogP contribution in [0.3, 0.4) is 0 Å². The second kappa shape index (κ2) is 7.44. The first kappa shape index (κ1) is 21.7. The Morgan fingerprint density at radius 3 is 2.48 bits per heavy atom. The van der Waals surface area contributed by atoms with Crippen molar-refractivity contribution in [2.45, 2.75) is 71.8 Å². The van der Waals surface area contributed by atoms with Crippen LogP contribution in [0, 0.1) is 12.7 Å². The second-order valence-electron chi connectivity index (χ2n) is 10.5. The van der Waals surface area contributed by atoms with Gasteiger partial charge in [-0.05, 0) is 93.8 Å². The number of carbonyl (C=O) groups excluding carboxylic acids is 1. The molecular weight excluding hydrogens is 417 g/mol. The van der Waals surface area contributed by atoms with E-state index in [0.29, 0.717) is 11.5 Å². The number of carbonyl (C=O) groups is 1. The molecule has 2 aromatic heterocycles. The molecule has 2 heterocycles. The molecule has 0 spiro atoms. The third-order valence-electron chi connectivity index (χ3n) is 6.23. The van der Waals surface area contributed by atoms with Crippen LogP contribution in [0.15, 0.2) is 36.5 Å². The lowest BCUT2D eigenvalue weighted by Gasteiger charge is -2.19. The summed E-state index contributed by atoms with van der Waals surface area (Å²) in [5, 5.41) is 6.33. The lowest BCUT2D eigenvalue weighted by atomic mass is 9.99. The van der Waals surface area contributed by atoms with Gasteiger partial charge in [-0.25, -0.2) is 9.18 Å². The summed E-state index contributed by atoms with van der Waals surface area (Å²) in [6.07, 6.45) is 3.54. The van der Waals surface area contributed by atoms with Crippen LogP contribution < -0.4 is 0 Å². The fourth-order valence-corrected chi connectivity index (χ4v) is 4.72. The van der Waals surface area contributed by atoms with Crippen LogP contribution in [0.25, 0.3) is 27.5 Å². The van der Waals surface area contributed by atoms with Crippen LogP contribution in [0.4, 0.5) is 9.18 Å². The minimum absolute atomic E-state index is 0.204. The number of aromatic nitrogens is 3. The summed E-state index contributed by atoms with van der Waals surface area (Å²) in [7, 11) is 0. The number of rotatable bonds is 3. The molecule has 1 saturated carbocycles. The van der Waals surface area contributed by atoms with Crippen molar-refractivity contribution in [3.05, 3.63) is 59.2 Å². The van der Waals surface area contributed by atoms with Crippen molar-refractivity contribution in [1.82, 2.24) is 14.3 Å². The van der Waals surface area contributed by atoms with Gasteiger partial charge < -0.3 is 9.30 Å². The van der Waals surface area contributed by atoms with Crippen LogP contribution in [-0.2, 0) is 4.74 Å². The summed E-state index contributed by atoms with van der Waals surface area (Å²) in [6, 6.07) is 9.46. The number of halogens is 1. The number of benzene rings is 2. The van der Waals surface area contributed by atoms with Crippen molar-refractivity contribution in [3.63, 3.8) is 0 Å². The Labute approximate surface area is 193 Å². The molecule has 0 saturated heterocycles. The summed E-state index contributed by atoms with van der Waals surface area (Å²) < 4.78 is 23.3. The molecular formula is C27H30FN3O2. The van der Waals surface area contributed by atoms with Crippen molar-refractivity contribution < 1.29 is 13.9 Å². The van der Waals surface area contributed by atoms with Gasteiger partial charge in [-0.1, -0.05) is 13.8 Å². The van der Waals surface area contributed by atoms with Crippen LogP contribution >= 0.6 is 0 Å². The standard InChI is InChI=1S/C27H30FN3O2/c1-15(2)25-24(17-7-8-17)20-13-22-18(14-29-31(22)26(32)33-27(4,5)6)12-23(20)30(25)19-9-10-21(28)16(3)11-19/h9-15,17H,7-8H2,1-6H3. The zero-order valence-corrected chi connectivity index (χ0v) is 20.1. The molecule has 1 aliphatic carbocycles. The Bertz CT molecular complexity index is 1400. The van der Waals surface area contributed by atoms with Gasteiger partial charge in [-0.2, -0.15) is 9.78 Å². The minimum Gasteiger partial charge on any atom is -0.442 e. The number of hydrogen-bond acceptors (Lipinski definition) is 3. The Morgan fingerprint density at radius 1 is 1.15 bits per heavy atom. The van der Waals surface area contributed by atoms with Gasteiger partial charge in [0.2, 0.25) is 0 Å². The molecule has 0 atom stereocenters. The normalized spacial score (nSPS) is 14.5. The van der Waals surface area contributed by atoms with Crippen LogP contribution in [0.5, 0.6) is 0 Å². The van der Waals surface area contributed by atoms with Gasteiger partial charge >= 0.3 is 6.09 Å². The minimum atomic E-state index is -0.604. The molecule has 2 aromatic carbocycles. The van der Waals surface area contributed by atoms with E-state index < -0.39 is 11.7 Å². The van der Waals surface area contributed by atoms with E-state index in [4.69, 9.17) is 4.74 Å². The maximum Gasteiger partial charge on any atom is 0.435 e. The van der Waals surface area contributed by atoms with Crippen molar-refractivity contribution in [1.29, 1.82) is 0 Å². The molecule has 4 aromatic rings. The maximum absolute atomic E-state index is 14.1. The van der Waals surface area contributed by atoms with Crippen molar-refractivity contribution >= 4 is 27.9 Å². The van der Waals surface area contributed by atoms with Crippen LogP contribution in [0.1, 0.15) is 76.1 Å². The lowest BCUT2D eigenvalue weighted by molar-refractivity contribution is 0.0523. The van der Waals surface area contributed by atoms with Gasteiger partial charge in [0.05, 0.1) is 17.2 Å². The largest absolute Gasteiger partial charge is 0.442 e. The van der Waals surface area contributed by atoms with Gasteiger partial charge in [-0.3, -0.25) is 0 Å². The average Bonchev–Trinajstić information content (AvgIpc) is 3.38. The van der Waals surface area contributed by atoms with E-state index >= 15 is 0 Å². The highest BCUT2D eigenvalue weighted by molar-refractivity contribution is 6.01. The van der Waals surface area contributed by atoms with Gasteiger partial charge in [-0.15, -0.1) is 0 Å². The van der Waals surface area contributed by atoms with Crippen molar-refractivity contribution in [2.75, 3.05) is 0 Å². The summed E-state index contributed by atoms with van der Waals surface area (Å²) in [5.74, 6) is 0.580. The molecule has 0 unspecified atom stereocenters. The summed E-state index contributed by atoms with van der Waals surface area (Å²) >= 11 is 0. The van der Waals surface area contributed by atoms with Crippen LogP contribution in [-0.4, -0.2) is 26.0 Å². The van der Waals surface area contributed by atoms with Gasteiger partial charge in [0.25, 0.3) is 0 Å². The van der Waals surface area contributed by atoms with E-state index in [-0.39, 0.29) is 11.7 Å². The van der Waals surface area contributed by atoms with Crippen LogP contribution in [0.2, 0.25) is 0 Å². The lowest BCUT2D eigenvalue weighted by Crippen LogP contribution is -2.27. The summed E-state index contributed by atoms with van der Waals surface area (Å²) in [6.45, 7) is 11.7.